The van der Waals surface area contributed by atoms with Gasteiger partial charge in [0.1, 0.15) is 11.4 Å². The summed E-state index contributed by atoms with van der Waals surface area (Å²) in [6, 6.07) is 7.25. The molecule has 0 fully saturated rings. The van der Waals surface area contributed by atoms with Crippen molar-refractivity contribution in [1.29, 1.82) is 0 Å². The number of hydrogen-bond donors (Lipinski definition) is 1. The molecule has 0 amide bonds. The number of hydrogen-bond acceptors (Lipinski definition) is 4. The first kappa shape index (κ1) is 16.0. The number of ether oxygens (including phenoxy) is 1. The molecule has 0 atom stereocenters. The Bertz CT molecular complexity index is 620. The predicted octanol–water partition coefficient (Wildman–Crippen LogP) is 3.23. The minimum atomic E-state index is -1.06. The Hall–Kier alpha value is -2.37. The van der Waals surface area contributed by atoms with E-state index in [0.717, 1.165) is 30.6 Å². The lowest BCUT2D eigenvalue weighted by molar-refractivity contribution is 0.0691. The lowest BCUT2D eigenvalue weighted by Crippen LogP contribution is -2.05. The van der Waals surface area contributed by atoms with E-state index in [1.807, 2.05) is 12.1 Å². The van der Waals surface area contributed by atoms with E-state index in [1.54, 1.807) is 23.9 Å². The summed E-state index contributed by atoms with van der Waals surface area (Å²) in [5.41, 5.74) is 1.31. The zero-order valence-electron chi connectivity index (χ0n) is 13.0. The van der Waals surface area contributed by atoms with Crippen LogP contribution in [-0.2, 0) is 6.54 Å². The highest BCUT2D eigenvalue weighted by Gasteiger charge is 2.20. The Morgan fingerprint density at radius 3 is 2.55 bits per heavy atom. The predicted molar refractivity (Wildman–Crippen MR) is 83.1 cm³/mol. The second-order valence-electron chi connectivity index (χ2n) is 5.10. The van der Waals surface area contributed by atoms with E-state index in [4.69, 9.17) is 4.74 Å². The van der Waals surface area contributed by atoms with Gasteiger partial charge in [-0.3, -0.25) is 0 Å². The van der Waals surface area contributed by atoms with Crippen molar-refractivity contribution in [3.05, 3.63) is 30.0 Å². The summed E-state index contributed by atoms with van der Waals surface area (Å²) in [6.45, 7) is 2.82. The molecule has 1 aromatic heterocycles. The largest absolute Gasteiger partial charge is 0.497 e. The van der Waals surface area contributed by atoms with Crippen LogP contribution in [0.2, 0.25) is 0 Å². The molecule has 22 heavy (non-hydrogen) atoms. The maximum atomic E-state index is 11.4. The molecule has 0 saturated carbocycles. The van der Waals surface area contributed by atoms with E-state index in [9.17, 15) is 9.90 Å². The first-order valence-electron chi connectivity index (χ1n) is 7.48. The molecule has 0 saturated heterocycles. The quantitative estimate of drug-likeness (QED) is 0.758. The van der Waals surface area contributed by atoms with Crippen LogP contribution in [0.15, 0.2) is 24.3 Å². The van der Waals surface area contributed by atoms with Crippen molar-refractivity contribution in [3.63, 3.8) is 0 Å². The van der Waals surface area contributed by atoms with Crippen LogP contribution in [0.25, 0.3) is 11.3 Å². The van der Waals surface area contributed by atoms with Crippen molar-refractivity contribution in [2.24, 2.45) is 0 Å². The Balaban J connectivity index is 2.28. The van der Waals surface area contributed by atoms with Crippen LogP contribution in [-0.4, -0.2) is 33.2 Å². The summed E-state index contributed by atoms with van der Waals surface area (Å²) in [7, 11) is 1.59. The standard InChI is InChI=1S/C16H21N3O3/c1-3-4-5-6-11-19-15(14(16(20)21)17-18-19)12-7-9-13(22-2)10-8-12/h7-10H,3-6,11H2,1-2H3,(H,20,21). The maximum Gasteiger partial charge on any atom is 0.358 e. The van der Waals surface area contributed by atoms with Gasteiger partial charge >= 0.3 is 5.97 Å². The molecule has 0 radical (unpaired) electrons. The highest BCUT2D eigenvalue weighted by Crippen LogP contribution is 2.25. The normalized spacial score (nSPS) is 10.6. The van der Waals surface area contributed by atoms with Crippen LogP contribution in [0.5, 0.6) is 5.75 Å². The minimum absolute atomic E-state index is 0.0133. The van der Waals surface area contributed by atoms with Crippen molar-refractivity contribution in [2.45, 2.75) is 39.2 Å². The van der Waals surface area contributed by atoms with Gasteiger partial charge in [0, 0.05) is 12.1 Å². The second-order valence-corrected chi connectivity index (χ2v) is 5.10. The van der Waals surface area contributed by atoms with Gasteiger partial charge in [0.25, 0.3) is 0 Å². The lowest BCUT2D eigenvalue weighted by atomic mass is 10.1. The van der Waals surface area contributed by atoms with Crippen LogP contribution in [0.1, 0.15) is 43.1 Å². The highest BCUT2D eigenvalue weighted by atomic mass is 16.5. The van der Waals surface area contributed by atoms with Crippen molar-refractivity contribution in [2.75, 3.05) is 7.11 Å². The first-order chi connectivity index (χ1) is 10.7. The number of carboxylic acids is 1. The van der Waals surface area contributed by atoms with E-state index in [2.05, 4.69) is 17.2 Å². The molecule has 2 aromatic rings. The summed E-state index contributed by atoms with van der Waals surface area (Å²) in [5, 5.41) is 17.1. The number of aromatic carboxylic acids is 1. The first-order valence-corrected chi connectivity index (χ1v) is 7.48. The number of aryl methyl sites for hydroxylation is 1. The van der Waals surface area contributed by atoms with Gasteiger partial charge in [0.15, 0.2) is 5.69 Å². The lowest BCUT2D eigenvalue weighted by Gasteiger charge is -2.08. The van der Waals surface area contributed by atoms with E-state index in [0.29, 0.717) is 12.2 Å². The summed E-state index contributed by atoms with van der Waals surface area (Å²) in [4.78, 5) is 11.4. The summed E-state index contributed by atoms with van der Waals surface area (Å²) in [6.07, 6.45) is 4.38. The molecule has 0 spiro atoms. The van der Waals surface area contributed by atoms with Gasteiger partial charge in [-0.2, -0.15) is 0 Å². The van der Waals surface area contributed by atoms with Crippen LogP contribution >= 0.6 is 0 Å². The van der Waals surface area contributed by atoms with Crippen molar-refractivity contribution < 1.29 is 14.6 Å². The number of benzene rings is 1. The maximum absolute atomic E-state index is 11.4. The second kappa shape index (κ2) is 7.59. The molecule has 6 heteroatoms. The molecule has 1 N–H and O–H groups in total. The molecule has 118 valence electrons. The van der Waals surface area contributed by atoms with E-state index in [1.165, 1.54) is 6.42 Å². The molecule has 0 aliphatic heterocycles. The molecule has 2 rings (SSSR count). The van der Waals surface area contributed by atoms with Crippen molar-refractivity contribution in [3.8, 4) is 17.0 Å². The fourth-order valence-electron chi connectivity index (χ4n) is 2.34. The van der Waals surface area contributed by atoms with Gasteiger partial charge < -0.3 is 9.84 Å². The molecule has 0 bridgehead atoms. The molecule has 6 nitrogen and oxygen atoms in total. The van der Waals surface area contributed by atoms with Gasteiger partial charge in [-0.05, 0) is 30.7 Å². The van der Waals surface area contributed by atoms with E-state index >= 15 is 0 Å². The Morgan fingerprint density at radius 1 is 1.23 bits per heavy atom. The van der Waals surface area contributed by atoms with Crippen LogP contribution in [0.4, 0.5) is 0 Å². The number of carbonyl (C=O) groups is 1. The molecular formula is C16H21N3O3. The third-order valence-electron chi connectivity index (χ3n) is 3.52. The van der Waals surface area contributed by atoms with Gasteiger partial charge in [-0.15, -0.1) is 5.10 Å². The van der Waals surface area contributed by atoms with Crippen LogP contribution < -0.4 is 4.74 Å². The number of methoxy groups -OCH3 is 1. The third kappa shape index (κ3) is 3.63. The van der Waals surface area contributed by atoms with Crippen molar-refractivity contribution in [1.82, 2.24) is 15.0 Å². The topological polar surface area (TPSA) is 77.2 Å². The average Bonchev–Trinajstić information content (AvgIpc) is 2.96. The molecule has 1 heterocycles. The number of carboxylic acid groups (broad SMARTS) is 1. The average molecular weight is 303 g/mol. The molecule has 0 unspecified atom stereocenters. The van der Waals surface area contributed by atoms with E-state index in [-0.39, 0.29) is 5.69 Å². The molecule has 0 aliphatic rings. The fourth-order valence-corrected chi connectivity index (χ4v) is 2.34. The summed E-state index contributed by atoms with van der Waals surface area (Å²) >= 11 is 0. The smallest absolute Gasteiger partial charge is 0.358 e. The number of unbranched alkanes of at least 4 members (excludes halogenated alkanes) is 3. The number of aromatic nitrogens is 3. The fraction of sp³-hybridized carbons (Fsp3) is 0.438. The Kier molecular flexibility index (Phi) is 5.52. The molecule has 0 aliphatic carbocycles. The zero-order valence-corrected chi connectivity index (χ0v) is 13.0. The van der Waals surface area contributed by atoms with Gasteiger partial charge in [0.2, 0.25) is 0 Å². The number of nitrogens with zero attached hydrogens (tertiary/aromatic N) is 3. The monoisotopic (exact) mass is 303 g/mol. The Labute approximate surface area is 129 Å². The zero-order chi connectivity index (χ0) is 15.9. The van der Waals surface area contributed by atoms with Gasteiger partial charge in [-0.1, -0.05) is 31.4 Å². The van der Waals surface area contributed by atoms with E-state index < -0.39 is 5.97 Å². The SMILES string of the molecule is CCCCCCn1nnc(C(=O)O)c1-c1ccc(OC)cc1. The third-order valence-corrected chi connectivity index (χ3v) is 3.52. The Morgan fingerprint density at radius 2 is 1.95 bits per heavy atom. The molecular weight excluding hydrogens is 282 g/mol. The minimum Gasteiger partial charge on any atom is -0.497 e. The van der Waals surface area contributed by atoms with Gasteiger partial charge in [0.05, 0.1) is 7.11 Å². The highest BCUT2D eigenvalue weighted by molar-refractivity contribution is 5.92. The summed E-state index contributed by atoms with van der Waals surface area (Å²) < 4.78 is 6.81. The summed E-state index contributed by atoms with van der Waals surface area (Å²) in [5.74, 6) is -0.340. The van der Waals surface area contributed by atoms with Gasteiger partial charge in [-0.25, -0.2) is 9.48 Å². The van der Waals surface area contributed by atoms with Crippen LogP contribution in [0, 0.1) is 0 Å². The number of rotatable bonds is 8. The van der Waals surface area contributed by atoms with Crippen molar-refractivity contribution >= 4 is 5.97 Å². The van der Waals surface area contributed by atoms with Crippen LogP contribution in [0.3, 0.4) is 0 Å². The molecule has 1 aromatic carbocycles.